The molecule has 1 aliphatic heterocycles. The van der Waals surface area contributed by atoms with Crippen LogP contribution in [0.2, 0.25) is 0 Å². The Hall–Kier alpha value is -1.72. The Morgan fingerprint density at radius 2 is 1.82 bits per heavy atom. The Labute approximate surface area is 173 Å². The molecule has 0 spiro atoms. The molecule has 152 valence electrons. The molecule has 0 saturated carbocycles. The number of piperidine rings is 1. The standard InChI is InChI=1S/C23H33N3OS/c1-6-7-13-26(18-14-22(2,3)25-23(4,5)15-18)21(27)19-16-28-20(24-19)17-11-9-8-10-12-17/h8-12,16,18,25H,6-7,13-15H2,1-5H3. The molecule has 0 atom stereocenters. The molecule has 1 amide bonds. The van der Waals surface area contributed by atoms with Crippen LogP contribution in [-0.4, -0.2) is 39.5 Å². The number of rotatable bonds is 6. The summed E-state index contributed by atoms with van der Waals surface area (Å²) in [7, 11) is 0. The average Bonchev–Trinajstić information content (AvgIpc) is 3.10. The third kappa shape index (κ3) is 5.00. The lowest BCUT2D eigenvalue weighted by Crippen LogP contribution is -2.62. The van der Waals surface area contributed by atoms with Crippen molar-refractivity contribution in [3.05, 3.63) is 41.4 Å². The van der Waals surface area contributed by atoms with Gasteiger partial charge in [0.05, 0.1) is 0 Å². The maximum Gasteiger partial charge on any atom is 0.273 e. The lowest BCUT2D eigenvalue weighted by molar-refractivity contribution is 0.0437. The molecule has 1 N–H and O–H groups in total. The van der Waals surface area contributed by atoms with Gasteiger partial charge in [-0.25, -0.2) is 4.98 Å². The van der Waals surface area contributed by atoms with Crippen molar-refractivity contribution in [2.24, 2.45) is 0 Å². The highest BCUT2D eigenvalue weighted by molar-refractivity contribution is 7.13. The molecule has 1 aromatic heterocycles. The van der Waals surface area contributed by atoms with Crippen LogP contribution < -0.4 is 5.32 Å². The third-order valence-electron chi connectivity index (χ3n) is 5.37. The van der Waals surface area contributed by atoms with Crippen molar-refractivity contribution < 1.29 is 4.79 Å². The van der Waals surface area contributed by atoms with Gasteiger partial charge in [-0.2, -0.15) is 0 Å². The van der Waals surface area contributed by atoms with Crippen molar-refractivity contribution >= 4 is 17.2 Å². The van der Waals surface area contributed by atoms with Gasteiger partial charge in [-0.15, -0.1) is 11.3 Å². The number of carbonyl (C=O) groups is 1. The number of aromatic nitrogens is 1. The molecule has 28 heavy (non-hydrogen) atoms. The van der Waals surface area contributed by atoms with Crippen LogP contribution in [0.4, 0.5) is 0 Å². The highest BCUT2D eigenvalue weighted by Crippen LogP contribution is 2.33. The SMILES string of the molecule is CCCCN(C(=O)c1csc(-c2ccccc2)n1)C1CC(C)(C)NC(C)(C)C1. The van der Waals surface area contributed by atoms with E-state index in [0.29, 0.717) is 5.69 Å². The van der Waals surface area contributed by atoms with Crippen molar-refractivity contribution in [1.29, 1.82) is 0 Å². The van der Waals surface area contributed by atoms with Crippen LogP contribution in [0.1, 0.15) is 70.8 Å². The molecule has 0 radical (unpaired) electrons. The molecule has 2 heterocycles. The van der Waals surface area contributed by atoms with Gasteiger partial charge < -0.3 is 10.2 Å². The molecule has 1 saturated heterocycles. The molecule has 1 aliphatic rings. The van der Waals surface area contributed by atoms with Crippen LogP contribution in [0.25, 0.3) is 10.6 Å². The van der Waals surface area contributed by atoms with Crippen molar-refractivity contribution in [3.63, 3.8) is 0 Å². The first-order chi connectivity index (χ1) is 13.2. The fourth-order valence-electron chi connectivity index (χ4n) is 4.50. The molecule has 5 heteroatoms. The Bertz CT molecular complexity index is 781. The minimum Gasteiger partial charge on any atom is -0.334 e. The number of amides is 1. The van der Waals surface area contributed by atoms with Crippen LogP contribution in [-0.2, 0) is 0 Å². The molecule has 0 aliphatic carbocycles. The van der Waals surface area contributed by atoms with Gasteiger partial charge in [0.1, 0.15) is 10.7 Å². The Balaban J connectivity index is 1.85. The first-order valence-corrected chi connectivity index (χ1v) is 11.2. The Kier molecular flexibility index (Phi) is 6.25. The maximum absolute atomic E-state index is 13.5. The predicted octanol–water partition coefficient (Wildman–Crippen LogP) is 5.36. The second-order valence-electron chi connectivity index (χ2n) is 9.21. The van der Waals surface area contributed by atoms with Gasteiger partial charge in [0, 0.05) is 34.6 Å². The zero-order valence-corrected chi connectivity index (χ0v) is 18.6. The molecule has 0 bridgehead atoms. The number of unbranched alkanes of at least 4 members (excludes halogenated alkanes) is 1. The summed E-state index contributed by atoms with van der Waals surface area (Å²) in [6.45, 7) is 11.9. The zero-order chi connectivity index (χ0) is 20.4. The van der Waals surface area contributed by atoms with E-state index in [1.165, 1.54) is 0 Å². The first-order valence-electron chi connectivity index (χ1n) is 10.3. The number of nitrogens with one attached hydrogen (secondary N) is 1. The second kappa shape index (κ2) is 8.34. The number of carbonyl (C=O) groups excluding carboxylic acids is 1. The highest BCUT2D eigenvalue weighted by atomic mass is 32.1. The molecule has 1 aromatic carbocycles. The summed E-state index contributed by atoms with van der Waals surface area (Å²) in [5.74, 6) is 0.0744. The van der Waals surface area contributed by atoms with E-state index in [9.17, 15) is 4.79 Å². The van der Waals surface area contributed by atoms with E-state index in [4.69, 9.17) is 0 Å². The summed E-state index contributed by atoms with van der Waals surface area (Å²) in [6, 6.07) is 10.3. The van der Waals surface area contributed by atoms with E-state index in [0.717, 1.165) is 42.8 Å². The van der Waals surface area contributed by atoms with Gasteiger partial charge in [0.15, 0.2) is 0 Å². The lowest BCUT2D eigenvalue weighted by Gasteiger charge is -2.49. The van der Waals surface area contributed by atoms with E-state index in [1.54, 1.807) is 11.3 Å². The smallest absolute Gasteiger partial charge is 0.273 e. The second-order valence-corrected chi connectivity index (χ2v) is 10.1. The fourth-order valence-corrected chi connectivity index (χ4v) is 5.30. The van der Waals surface area contributed by atoms with Crippen molar-refractivity contribution in [2.45, 2.75) is 77.4 Å². The van der Waals surface area contributed by atoms with Gasteiger partial charge in [-0.3, -0.25) is 4.79 Å². The van der Waals surface area contributed by atoms with Crippen molar-refractivity contribution in [2.75, 3.05) is 6.54 Å². The summed E-state index contributed by atoms with van der Waals surface area (Å²) in [4.78, 5) is 20.2. The van der Waals surface area contributed by atoms with Gasteiger partial charge in [0.25, 0.3) is 5.91 Å². The molecule has 1 fully saturated rings. The van der Waals surface area contributed by atoms with E-state index in [2.05, 4.69) is 49.8 Å². The normalized spacial score (nSPS) is 18.8. The van der Waals surface area contributed by atoms with Crippen LogP contribution >= 0.6 is 11.3 Å². The predicted molar refractivity (Wildman–Crippen MR) is 118 cm³/mol. The molecule has 2 aromatic rings. The summed E-state index contributed by atoms with van der Waals surface area (Å²) in [6.07, 6.45) is 4.02. The summed E-state index contributed by atoms with van der Waals surface area (Å²) < 4.78 is 0. The summed E-state index contributed by atoms with van der Waals surface area (Å²) in [5, 5.41) is 6.55. The minimum atomic E-state index is 0.00837. The zero-order valence-electron chi connectivity index (χ0n) is 17.8. The van der Waals surface area contributed by atoms with Gasteiger partial charge >= 0.3 is 0 Å². The number of benzene rings is 1. The Morgan fingerprint density at radius 3 is 2.43 bits per heavy atom. The topological polar surface area (TPSA) is 45.2 Å². The number of thiazole rings is 1. The maximum atomic E-state index is 13.5. The molecular weight excluding hydrogens is 366 g/mol. The third-order valence-corrected chi connectivity index (χ3v) is 6.26. The van der Waals surface area contributed by atoms with E-state index in [1.807, 2.05) is 35.7 Å². The fraction of sp³-hybridized carbons (Fsp3) is 0.565. The average molecular weight is 400 g/mol. The van der Waals surface area contributed by atoms with Crippen molar-refractivity contribution in [3.8, 4) is 10.6 Å². The van der Waals surface area contributed by atoms with E-state index >= 15 is 0 Å². The van der Waals surface area contributed by atoms with Gasteiger partial charge in [0.2, 0.25) is 0 Å². The minimum absolute atomic E-state index is 0.00837. The van der Waals surface area contributed by atoms with Crippen molar-refractivity contribution in [1.82, 2.24) is 15.2 Å². The molecule has 4 nitrogen and oxygen atoms in total. The lowest BCUT2D eigenvalue weighted by atomic mass is 9.79. The van der Waals surface area contributed by atoms with Crippen LogP contribution in [0.5, 0.6) is 0 Å². The molecule has 3 rings (SSSR count). The van der Waals surface area contributed by atoms with Crippen LogP contribution in [0, 0.1) is 0 Å². The van der Waals surface area contributed by atoms with E-state index < -0.39 is 0 Å². The highest BCUT2D eigenvalue weighted by Gasteiger charge is 2.41. The van der Waals surface area contributed by atoms with Gasteiger partial charge in [-0.1, -0.05) is 43.7 Å². The summed E-state index contributed by atoms with van der Waals surface area (Å²) >= 11 is 1.55. The number of nitrogens with zero attached hydrogens (tertiary/aromatic N) is 2. The quantitative estimate of drug-likeness (QED) is 0.711. The van der Waals surface area contributed by atoms with E-state index in [-0.39, 0.29) is 23.0 Å². The van der Waals surface area contributed by atoms with Gasteiger partial charge in [-0.05, 0) is 47.0 Å². The number of hydrogen-bond donors (Lipinski definition) is 1. The van der Waals surface area contributed by atoms with Crippen LogP contribution in [0.15, 0.2) is 35.7 Å². The monoisotopic (exact) mass is 399 g/mol. The molecular formula is C23H33N3OS. The van der Waals surface area contributed by atoms with Crippen LogP contribution in [0.3, 0.4) is 0 Å². The molecule has 0 unspecified atom stereocenters. The first kappa shape index (κ1) is 21.0. The number of hydrogen-bond acceptors (Lipinski definition) is 4. The largest absolute Gasteiger partial charge is 0.334 e. The Morgan fingerprint density at radius 1 is 1.18 bits per heavy atom. The summed E-state index contributed by atoms with van der Waals surface area (Å²) in [5.41, 5.74) is 1.66.